The van der Waals surface area contributed by atoms with Gasteiger partial charge >= 0.3 is 5.97 Å². The zero-order valence-electron chi connectivity index (χ0n) is 10.1. The maximum Gasteiger partial charge on any atom is 0.335 e. The van der Waals surface area contributed by atoms with Gasteiger partial charge < -0.3 is 9.84 Å². The van der Waals surface area contributed by atoms with Gasteiger partial charge in [0.05, 0.1) is 5.56 Å². The molecule has 0 atom stereocenters. The number of rotatable bonds is 3. The second-order valence-electron chi connectivity index (χ2n) is 4.29. The number of benzene rings is 2. The first-order chi connectivity index (χ1) is 9.63. The molecule has 1 aliphatic rings. The summed E-state index contributed by atoms with van der Waals surface area (Å²) in [5.41, 5.74) is 1.72. The number of hydrogen-bond acceptors (Lipinski definition) is 4. The molecule has 0 fully saturated rings. The normalized spacial score (nSPS) is 11.7. The lowest BCUT2D eigenvalue weighted by Crippen LogP contribution is -2.03. The van der Waals surface area contributed by atoms with Crippen molar-refractivity contribution in [2.75, 3.05) is 0 Å². The fourth-order valence-corrected chi connectivity index (χ4v) is 2.38. The van der Waals surface area contributed by atoms with Crippen LogP contribution >= 0.6 is 0 Å². The summed E-state index contributed by atoms with van der Waals surface area (Å²) < 4.78 is 4.85. The minimum absolute atomic E-state index is 0.0770. The predicted octanol–water partition coefficient (Wildman–Crippen LogP) is 2.13. The Morgan fingerprint density at radius 1 is 1.10 bits per heavy atom. The van der Waals surface area contributed by atoms with Gasteiger partial charge in [0.25, 0.3) is 6.47 Å². The minimum atomic E-state index is -1.19. The van der Waals surface area contributed by atoms with Crippen LogP contribution in [0.1, 0.15) is 26.3 Å². The number of carboxylic acids is 1. The van der Waals surface area contributed by atoms with Gasteiger partial charge in [0.1, 0.15) is 5.75 Å². The third-order valence-electron chi connectivity index (χ3n) is 3.21. The highest BCUT2D eigenvalue weighted by Gasteiger charge is 2.30. The molecule has 0 radical (unpaired) electrons. The fraction of sp³-hybridized carbons (Fsp3) is 0. The van der Waals surface area contributed by atoms with E-state index in [1.54, 1.807) is 24.3 Å². The van der Waals surface area contributed by atoms with Crippen LogP contribution in [-0.2, 0) is 4.79 Å². The van der Waals surface area contributed by atoms with E-state index in [9.17, 15) is 14.4 Å². The van der Waals surface area contributed by atoms with Crippen molar-refractivity contribution in [1.82, 2.24) is 0 Å². The molecular weight excluding hydrogens is 260 g/mol. The first kappa shape index (κ1) is 12.1. The van der Waals surface area contributed by atoms with Crippen molar-refractivity contribution in [2.24, 2.45) is 0 Å². The lowest BCUT2D eigenvalue weighted by molar-refractivity contribution is -0.120. The first-order valence-corrected chi connectivity index (χ1v) is 5.79. The molecule has 0 spiro atoms. The second kappa shape index (κ2) is 4.31. The van der Waals surface area contributed by atoms with Crippen LogP contribution in [0.5, 0.6) is 5.75 Å². The van der Waals surface area contributed by atoms with Crippen LogP contribution in [0.2, 0.25) is 0 Å². The van der Waals surface area contributed by atoms with E-state index in [0.29, 0.717) is 16.7 Å². The zero-order valence-corrected chi connectivity index (χ0v) is 10.1. The van der Waals surface area contributed by atoms with Crippen LogP contribution in [0.25, 0.3) is 11.1 Å². The number of carbonyl (C=O) groups excluding carboxylic acids is 2. The summed E-state index contributed by atoms with van der Waals surface area (Å²) in [6.45, 7) is 0.215. The predicted molar refractivity (Wildman–Crippen MR) is 69.0 cm³/mol. The molecule has 0 aliphatic heterocycles. The summed E-state index contributed by atoms with van der Waals surface area (Å²) in [5, 5.41) is 9.06. The van der Waals surface area contributed by atoms with Crippen LogP contribution in [0.3, 0.4) is 0 Å². The summed E-state index contributed by atoms with van der Waals surface area (Å²) in [6.07, 6.45) is 0. The van der Waals surface area contributed by atoms with E-state index in [4.69, 9.17) is 9.84 Å². The number of aromatic carboxylic acids is 1. The van der Waals surface area contributed by atoms with Crippen LogP contribution in [0.4, 0.5) is 0 Å². The van der Waals surface area contributed by atoms with Gasteiger partial charge in [-0.3, -0.25) is 9.59 Å². The molecule has 1 aliphatic carbocycles. The van der Waals surface area contributed by atoms with Crippen LogP contribution in [0, 0.1) is 0 Å². The van der Waals surface area contributed by atoms with Crippen molar-refractivity contribution >= 4 is 18.2 Å². The van der Waals surface area contributed by atoms with Crippen LogP contribution in [-0.4, -0.2) is 23.3 Å². The zero-order chi connectivity index (χ0) is 14.3. The van der Waals surface area contributed by atoms with Crippen molar-refractivity contribution in [3.63, 3.8) is 0 Å². The van der Waals surface area contributed by atoms with E-state index in [0.717, 1.165) is 0 Å². The highest BCUT2D eigenvalue weighted by atomic mass is 16.5. The number of carbonyl (C=O) groups is 3. The van der Waals surface area contributed by atoms with E-state index in [1.807, 2.05) is 0 Å². The average molecular weight is 268 g/mol. The number of ketones is 1. The molecule has 20 heavy (non-hydrogen) atoms. The number of hydrogen-bond donors (Lipinski definition) is 1. The maximum atomic E-state index is 12.3. The smallest absolute Gasteiger partial charge is 0.335 e. The van der Waals surface area contributed by atoms with Crippen molar-refractivity contribution in [3.8, 4) is 16.9 Å². The highest BCUT2D eigenvalue weighted by Crippen LogP contribution is 2.43. The fourth-order valence-electron chi connectivity index (χ4n) is 2.38. The van der Waals surface area contributed by atoms with Gasteiger partial charge in [0, 0.05) is 16.7 Å². The van der Waals surface area contributed by atoms with Crippen molar-refractivity contribution in [1.29, 1.82) is 0 Å². The molecule has 1 N–H and O–H groups in total. The summed E-state index contributed by atoms with van der Waals surface area (Å²) in [7, 11) is 0. The number of ether oxygens (including phenoxy) is 1. The standard InChI is InChI=1S/C15H8O5/c16-7-20-12-6-8(15(18)19)5-11-13(12)9-3-1-2-4-10(9)14(11)17/h1-7H,(H,18,19). The molecule has 2 aromatic carbocycles. The van der Waals surface area contributed by atoms with Gasteiger partial charge in [-0.2, -0.15) is 0 Å². The number of fused-ring (bicyclic) bond motifs is 3. The molecule has 0 amide bonds. The highest BCUT2D eigenvalue weighted by molar-refractivity contribution is 6.23. The average Bonchev–Trinajstić information content (AvgIpc) is 2.73. The van der Waals surface area contributed by atoms with Gasteiger partial charge in [-0.1, -0.05) is 24.3 Å². The van der Waals surface area contributed by atoms with E-state index >= 15 is 0 Å². The molecule has 5 heteroatoms. The summed E-state index contributed by atoms with van der Waals surface area (Å²) >= 11 is 0. The third kappa shape index (κ3) is 1.60. The van der Waals surface area contributed by atoms with E-state index in [2.05, 4.69) is 0 Å². The second-order valence-corrected chi connectivity index (χ2v) is 4.29. The molecule has 0 saturated heterocycles. The molecule has 0 saturated carbocycles. The quantitative estimate of drug-likeness (QED) is 0.736. The molecule has 0 aromatic heterocycles. The maximum absolute atomic E-state index is 12.3. The van der Waals surface area contributed by atoms with Crippen LogP contribution in [0.15, 0.2) is 36.4 Å². The monoisotopic (exact) mass is 268 g/mol. The van der Waals surface area contributed by atoms with Gasteiger partial charge in [-0.25, -0.2) is 4.79 Å². The lowest BCUT2D eigenvalue weighted by Gasteiger charge is -2.07. The third-order valence-corrected chi connectivity index (χ3v) is 3.21. The van der Waals surface area contributed by atoms with Crippen molar-refractivity contribution < 1.29 is 24.2 Å². The molecule has 5 nitrogen and oxygen atoms in total. The molecule has 0 heterocycles. The Balaban J connectivity index is 2.34. The summed E-state index contributed by atoms with van der Waals surface area (Å²) in [6, 6.07) is 9.42. The molecule has 0 bridgehead atoms. The van der Waals surface area contributed by atoms with E-state index in [1.165, 1.54) is 12.1 Å². The summed E-state index contributed by atoms with van der Waals surface area (Å²) in [4.78, 5) is 34.0. The molecule has 98 valence electrons. The Morgan fingerprint density at radius 3 is 2.45 bits per heavy atom. The Kier molecular flexibility index (Phi) is 2.61. The minimum Gasteiger partial charge on any atom is -0.478 e. The van der Waals surface area contributed by atoms with Crippen molar-refractivity contribution in [2.45, 2.75) is 0 Å². The Bertz CT molecular complexity index is 761. The van der Waals surface area contributed by atoms with Gasteiger partial charge in [0.15, 0.2) is 5.78 Å². The first-order valence-electron chi connectivity index (χ1n) is 5.79. The summed E-state index contributed by atoms with van der Waals surface area (Å²) in [5.74, 6) is -1.38. The molecular formula is C15H8O5. The Hall–Kier alpha value is -2.95. The molecule has 0 unspecified atom stereocenters. The topological polar surface area (TPSA) is 80.7 Å². The van der Waals surface area contributed by atoms with Gasteiger partial charge in [-0.15, -0.1) is 0 Å². The lowest BCUT2D eigenvalue weighted by atomic mass is 10.0. The van der Waals surface area contributed by atoms with E-state index in [-0.39, 0.29) is 29.1 Å². The Morgan fingerprint density at radius 2 is 1.80 bits per heavy atom. The number of carboxylic acid groups (broad SMARTS) is 1. The largest absolute Gasteiger partial charge is 0.478 e. The molecule has 2 aromatic rings. The van der Waals surface area contributed by atoms with Gasteiger partial charge in [0.2, 0.25) is 0 Å². The SMILES string of the molecule is O=COc1cc(C(=O)O)cc2c1-c1ccccc1C2=O. The van der Waals surface area contributed by atoms with Crippen LogP contribution < -0.4 is 4.74 Å². The van der Waals surface area contributed by atoms with Crippen molar-refractivity contribution in [3.05, 3.63) is 53.1 Å². The van der Waals surface area contributed by atoms with Gasteiger partial charge in [-0.05, 0) is 17.7 Å². The van der Waals surface area contributed by atoms with E-state index < -0.39 is 5.97 Å². The molecule has 3 rings (SSSR count). The Labute approximate surface area is 113 Å².